The molecule has 1 N–H and O–H groups in total. The molecule has 0 fully saturated rings. The fourth-order valence-corrected chi connectivity index (χ4v) is 2.81. The Bertz CT molecular complexity index is 840. The lowest BCUT2D eigenvalue weighted by Crippen LogP contribution is -2.22. The lowest BCUT2D eigenvalue weighted by Gasteiger charge is -2.19. The highest BCUT2D eigenvalue weighted by atomic mass is 35.5. The summed E-state index contributed by atoms with van der Waals surface area (Å²) in [5.41, 5.74) is 0.156. The van der Waals surface area contributed by atoms with Crippen LogP contribution in [0.25, 0.3) is 0 Å². The molecule has 4 nitrogen and oxygen atoms in total. The van der Waals surface area contributed by atoms with Gasteiger partial charge < -0.3 is 5.11 Å². The fraction of sp³-hybridized carbons (Fsp3) is 0. The monoisotopic (exact) mass is 320 g/mol. The van der Waals surface area contributed by atoms with Gasteiger partial charge in [0.15, 0.2) is 11.6 Å². The average molecular weight is 321 g/mol. The predicted molar refractivity (Wildman–Crippen MR) is 76.7 cm³/mol. The lowest BCUT2D eigenvalue weighted by atomic mass is 9.83. The molecule has 0 spiro atoms. The number of rotatable bonds is 1. The molecule has 104 valence electrons. The quantitative estimate of drug-likeness (QED) is 0.745. The molecule has 0 heterocycles. The van der Waals surface area contributed by atoms with Gasteiger partial charge in [-0.25, -0.2) is 4.79 Å². The van der Waals surface area contributed by atoms with Crippen LogP contribution in [0.3, 0.4) is 0 Å². The molecule has 3 rings (SSSR count). The number of carboxylic acid groups (broad SMARTS) is 1. The SMILES string of the molecule is O=C(O)c1ccc2c(c1)C(=O)c1c(Cl)ccc(Cl)c1C2=O. The Hall–Kier alpha value is -2.17. The normalized spacial score (nSPS) is 12.9. The smallest absolute Gasteiger partial charge is 0.335 e. The minimum absolute atomic E-state index is 0.0178. The van der Waals surface area contributed by atoms with Crippen molar-refractivity contribution in [2.75, 3.05) is 0 Å². The first-order valence-electron chi connectivity index (χ1n) is 5.86. The molecule has 0 amide bonds. The molecule has 21 heavy (non-hydrogen) atoms. The van der Waals surface area contributed by atoms with Gasteiger partial charge in [0.1, 0.15) is 0 Å². The van der Waals surface area contributed by atoms with Crippen LogP contribution in [-0.2, 0) is 0 Å². The summed E-state index contributed by atoms with van der Waals surface area (Å²) in [7, 11) is 0. The van der Waals surface area contributed by atoms with Gasteiger partial charge >= 0.3 is 5.97 Å². The molecule has 0 unspecified atom stereocenters. The van der Waals surface area contributed by atoms with Crippen molar-refractivity contribution >= 4 is 40.7 Å². The number of hydrogen-bond donors (Lipinski definition) is 1. The van der Waals surface area contributed by atoms with E-state index in [1.807, 2.05) is 0 Å². The van der Waals surface area contributed by atoms with Crippen molar-refractivity contribution in [3.05, 3.63) is 68.2 Å². The van der Waals surface area contributed by atoms with Crippen LogP contribution in [-0.4, -0.2) is 22.6 Å². The van der Waals surface area contributed by atoms with Crippen LogP contribution < -0.4 is 0 Å². The number of ketones is 2. The van der Waals surface area contributed by atoms with E-state index in [0.29, 0.717) is 0 Å². The molecule has 2 aromatic carbocycles. The van der Waals surface area contributed by atoms with Gasteiger partial charge in [-0.1, -0.05) is 23.2 Å². The summed E-state index contributed by atoms with van der Waals surface area (Å²) in [5.74, 6) is -2.12. The van der Waals surface area contributed by atoms with Gasteiger partial charge in [0, 0.05) is 11.1 Å². The van der Waals surface area contributed by atoms with Crippen LogP contribution in [0.5, 0.6) is 0 Å². The molecular weight excluding hydrogens is 315 g/mol. The first-order chi connectivity index (χ1) is 9.91. The van der Waals surface area contributed by atoms with E-state index in [9.17, 15) is 14.4 Å². The van der Waals surface area contributed by atoms with Gasteiger partial charge in [-0.3, -0.25) is 9.59 Å². The maximum atomic E-state index is 12.5. The van der Waals surface area contributed by atoms with Crippen LogP contribution in [0.15, 0.2) is 30.3 Å². The fourth-order valence-electron chi connectivity index (χ4n) is 2.33. The number of carbonyl (C=O) groups is 3. The summed E-state index contributed by atoms with van der Waals surface area (Å²) in [6, 6.07) is 6.65. The zero-order valence-electron chi connectivity index (χ0n) is 10.3. The van der Waals surface area contributed by atoms with E-state index in [2.05, 4.69) is 0 Å². The Labute approximate surface area is 128 Å². The summed E-state index contributed by atoms with van der Waals surface area (Å²) >= 11 is 12.0. The highest BCUT2D eigenvalue weighted by molar-refractivity contribution is 6.43. The van der Waals surface area contributed by atoms with Gasteiger partial charge in [-0.15, -0.1) is 0 Å². The van der Waals surface area contributed by atoms with Crippen molar-refractivity contribution in [3.63, 3.8) is 0 Å². The third kappa shape index (κ3) is 1.95. The topological polar surface area (TPSA) is 71.4 Å². The number of aromatic carboxylic acids is 1. The highest BCUT2D eigenvalue weighted by Crippen LogP contribution is 2.36. The first-order valence-corrected chi connectivity index (χ1v) is 6.62. The number of hydrogen-bond acceptors (Lipinski definition) is 3. The predicted octanol–water partition coefficient (Wildman–Crippen LogP) is 3.47. The molecule has 1 aliphatic carbocycles. The van der Waals surface area contributed by atoms with Crippen molar-refractivity contribution in [1.29, 1.82) is 0 Å². The first kappa shape index (κ1) is 13.8. The maximum absolute atomic E-state index is 12.5. The maximum Gasteiger partial charge on any atom is 0.335 e. The van der Waals surface area contributed by atoms with Crippen molar-refractivity contribution in [3.8, 4) is 0 Å². The van der Waals surface area contributed by atoms with Crippen LogP contribution in [0.4, 0.5) is 0 Å². The Kier molecular flexibility index (Phi) is 3.08. The van der Waals surface area contributed by atoms with E-state index in [1.165, 1.54) is 30.3 Å². The third-order valence-electron chi connectivity index (χ3n) is 3.31. The molecule has 0 radical (unpaired) electrons. The molecule has 2 aromatic rings. The van der Waals surface area contributed by atoms with E-state index in [4.69, 9.17) is 28.3 Å². The van der Waals surface area contributed by atoms with Crippen molar-refractivity contribution in [2.45, 2.75) is 0 Å². The molecule has 0 atom stereocenters. The van der Waals surface area contributed by atoms with Crippen LogP contribution >= 0.6 is 23.2 Å². The van der Waals surface area contributed by atoms with Gasteiger partial charge in [0.2, 0.25) is 0 Å². The molecule has 1 aliphatic rings. The minimum atomic E-state index is -1.18. The Morgan fingerprint density at radius 2 is 1.38 bits per heavy atom. The molecule has 0 bridgehead atoms. The molecular formula is C15H6Cl2O4. The summed E-state index contributed by atoms with van der Waals surface area (Å²) < 4.78 is 0. The average Bonchev–Trinajstić information content (AvgIpc) is 2.46. The molecule has 0 saturated carbocycles. The standard InChI is InChI=1S/C15H6Cl2O4/c16-9-3-4-10(17)12-11(9)13(18)7-2-1-6(15(20)21)5-8(7)14(12)19/h1-5H,(H,20,21). The van der Waals surface area contributed by atoms with Crippen molar-refractivity contribution < 1.29 is 19.5 Å². The van der Waals surface area contributed by atoms with Crippen molar-refractivity contribution in [1.82, 2.24) is 0 Å². The second kappa shape index (κ2) is 4.69. The number of benzene rings is 2. The van der Waals surface area contributed by atoms with E-state index in [-0.39, 0.29) is 37.9 Å². The van der Waals surface area contributed by atoms with Gasteiger partial charge in [0.25, 0.3) is 0 Å². The van der Waals surface area contributed by atoms with Crippen LogP contribution in [0, 0.1) is 0 Å². The Morgan fingerprint density at radius 3 is 1.90 bits per heavy atom. The second-order valence-electron chi connectivity index (χ2n) is 4.50. The number of halogens is 2. The van der Waals surface area contributed by atoms with Crippen molar-refractivity contribution in [2.24, 2.45) is 0 Å². The molecule has 0 aromatic heterocycles. The van der Waals surface area contributed by atoms with Crippen LogP contribution in [0.1, 0.15) is 42.2 Å². The zero-order valence-corrected chi connectivity index (χ0v) is 11.8. The molecule has 0 saturated heterocycles. The number of carbonyl (C=O) groups excluding carboxylic acids is 2. The molecule has 0 aliphatic heterocycles. The van der Waals surface area contributed by atoms with Gasteiger partial charge in [0.05, 0.1) is 26.7 Å². The van der Waals surface area contributed by atoms with Gasteiger partial charge in [-0.05, 0) is 30.3 Å². The summed E-state index contributed by atoms with van der Waals surface area (Å²) in [6.45, 7) is 0. The second-order valence-corrected chi connectivity index (χ2v) is 5.32. The van der Waals surface area contributed by atoms with E-state index in [1.54, 1.807) is 0 Å². The number of carboxylic acids is 1. The zero-order chi connectivity index (χ0) is 15.3. The van der Waals surface area contributed by atoms with Gasteiger partial charge in [-0.2, -0.15) is 0 Å². The third-order valence-corrected chi connectivity index (χ3v) is 3.94. The summed E-state index contributed by atoms with van der Waals surface area (Å²) in [4.78, 5) is 36.0. The summed E-state index contributed by atoms with van der Waals surface area (Å²) in [6.07, 6.45) is 0. The van der Waals surface area contributed by atoms with E-state index >= 15 is 0 Å². The van der Waals surface area contributed by atoms with E-state index < -0.39 is 17.5 Å². The Balaban J connectivity index is 2.33. The lowest BCUT2D eigenvalue weighted by molar-refractivity contribution is 0.0696. The highest BCUT2D eigenvalue weighted by Gasteiger charge is 2.33. The number of fused-ring (bicyclic) bond motifs is 2. The largest absolute Gasteiger partial charge is 0.478 e. The Morgan fingerprint density at radius 1 is 0.857 bits per heavy atom. The van der Waals surface area contributed by atoms with E-state index in [0.717, 1.165) is 0 Å². The molecule has 6 heteroatoms. The van der Waals surface area contributed by atoms with Crippen LogP contribution in [0.2, 0.25) is 10.0 Å². The summed E-state index contributed by atoms with van der Waals surface area (Å²) in [5, 5.41) is 9.24. The minimum Gasteiger partial charge on any atom is -0.478 e.